The van der Waals surface area contributed by atoms with Crippen LogP contribution in [0.1, 0.15) is 25.7 Å². The van der Waals surface area contributed by atoms with Gasteiger partial charge in [0.05, 0.1) is 0 Å². The molecule has 0 rings (SSSR count). The molecule has 4 unspecified atom stereocenters. The predicted molar refractivity (Wildman–Crippen MR) is 72.6 cm³/mol. The number of rotatable bonds is 11. The van der Waals surface area contributed by atoms with Crippen LogP contribution in [0.3, 0.4) is 0 Å². The van der Waals surface area contributed by atoms with Crippen molar-refractivity contribution < 1.29 is 26.9 Å². The Morgan fingerprint density at radius 2 is 1.00 bits per heavy atom. The maximum absolute atomic E-state index is 11.2. The molecule has 0 saturated carbocycles. The zero-order chi connectivity index (χ0) is 14.0. The summed E-state index contributed by atoms with van der Waals surface area (Å²) in [6.07, 6.45) is 3.91. The van der Waals surface area contributed by atoms with E-state index in [1.54, 1.807) is 0 Å². The van der Waals surface area contributed by atoms with Crippen molar-refractivity contribution in [3.05, 3.63) is 0 Å². The van der Waals surface area contributed by atoms with E-state index in [-0.39, 0.29) is 0 Å². The van der Waals surface area contributed by atoms with Crippen molar-refractivity contribution >= 4 is 32.1 Å². The summed E-state index contributed by atoms with van der Waals surface area (Å²) in [4.78, 5) is 0. The van der Waals surface area contributed by atoms with E-state index < -0.39 is 32.1 Å². The Bertz CT molecular complexity index is 300. The fourth-order valence-electron chi connectivity index (χ4n) is 1.17. The fourth-order valence-corrected chi connectivity index (χ4v) is 4.84. The molecule has 18 heavy (non-hydrogen) atoms. The summed E-state index contributed by atoms with van der Waals surface area (Å²) in [6, 6.07) is 0. The molecule has 0 aliphatic carbocycles. The first-order valence-corrected chi connectivity index (χ1v) is 11.5. The average Bonchev–Trinajstić information content (AvgIpc) is 2.20. The lowest BCUT2D eigenvalue weighted by molar-refractivity contribution is 0.485. The monoisotopic (exact) mass is 334 g/mol. The van der Waals surface area contributed by atoms with E-state index in [1.807, 2.05) is 0 Å². The van der Waals surface area contributed by atoms with Gasteiger partial charge >= 0.3 is 32.1 Å². The highest BCUT2D eigenvalue weighted by Crippen LogP contribution is 2.37. The Balaban J connectivity index is 3.41. The van der Waals surface area contributed by atoms with Crippen molar-refractivity contribution in [3.8, 4) is 0 Å². The van der Waals surface area contributed by atoms with Gasteiger partial charge < -0.3 is 0 Å². The van der Waals surface area contributed by atoms with Crippen LogP contribution in [0.2, 0.25) is 0 Å². The van der Waals surface area contributed by atoms with Crippen molar-refractivity contribution in [2.24, 2.45) is 0 Å². The van der Waals surface area contributed by atoms with Gasteiger partial charge in [-0.15, -0.1) is 0 Å². The molecular formula is C8H18O6P4+4. The second-order valence-corrected chi connectivity index (χ2v) is 8.86. The van der Waals surface area contributed by atoms with Crippen molar-refractivity contribution in [3.63, 3.8) is 0 Å². The van der Waals surface area contributed by atoms with Crippen LogP contribution in [0.15, 0.2) is 0 Å². The van der Waals surface area contributed by atoms with Gasteiger partial charge in [0, 0.05) is 0 Å². The van der Waals surface area contributed by atoms with E-state index in [1.165, 1.54) is 13.3 Å². The third-order valence-electron chi connectivity index (χ3n) is 1.84. The second-order valence-electron chi connectivity index (χ2n) is 3.57. The van der Waals surface area contributed by atoms with Gasteiger partial charge in [0.2, 0.25) is 0 Å². The average molecular weight is 334 g/mol. The van der Waals surface area contributed by atoms with Gasteiger partial charge in [0.1, 0.15) is 8.62 Å². The van der Waals surface area contributed by atoms with Crippen LogP contribution in [0.25, 0.3) is 0 Å². The summed E-state index contributed by atoms with van der Waals surface area (Å²) in [6.45, 7) is 2.75. The van der Waals surface area contributed by atoms with E-state index in [0.717, 1.165) is 25.7 Å². The zero-order valence-corrected chi connectivity index (χ0v) is 14.1. The number of hydrogen-bond acceptors (Lipinski definition) is 6. The molecule has 0 aliphatic heterocycles. The summed E-state index contributed by atoms with van der Waals surface area (Å²) in [7, 11) is -7.24. The van der Waals surface area contributed by atoms with Gasteiger partial charge in [-0.2, -0.15) is 0 Å². The van der Waals surface area contributed by atoms with Crippen molar-refractivity contribution in [1.82, 2.24) is 0 Å². The first-order chi connectivity index (χ1) is 8.41. The highest BCUT2D eigenvalue weighted by Gasteiger charge is 2.30. The van der Waals surface area contributed by atoms with Gasteiger partial charge in [0.15, 0.2) is 25.7 Å². The Morgan fingerprint density at radius 3 is 1.28 bits per heavy atom. The van der Waals surface area contributed by atoms with Crippen molar-refractivity contribution in [1.29, 1.82) is 0 Å². The third kappa shape index (κ3) is 12.8. The maximum atomic E-state index is 11.2. The highest BCUT2D eigenvalue weighted by molar-refractivity contribution is 7.52. The van der Waals surface area contributed by atoms with Crippen LogP contribution in [0.4, 0.5) is 0 Å². The molecule has 0 radical (unpaired) electrons. The van der Waals surface area contributed by atoms with E-state index in [0.29, 0.717) is 12.3 Å². The van der Waals surface area contributed by atoms with Gasteiger partial charge in [-0.1, -0.05) is 0 Å². The smallest absolute Gasteiger partial charge is 0.0490 e. The predicted octanol–water partition coefficient (Wildman–Crippen LogP) is 4.81. The molecule has 0 spiro atoms. The van der Waals surface area contributed by atoms with Crippen LogP contribution >= 0.6 is 32.1 Å². The van der Waals surface area contributed by atoms with Crippen molar-refractivity contribution in [2.45, 2.75) is 25.7 Å². The minimum Gasteiger partial charge on any atom is -0.0490 e. The molecule has 0 aromatic heterocycles. The summed E-state index contributed by atoms with van der Waals surface area (Å²) >= 11 is 0. The molecule has 0 aromatic carbocycles. The van der Waals surface area contributed by atoms with Crippen molar-refractivity contribution in [2.75, 3.05) is 25.7 Å². The Kier molecular flexibility index (Phi) is 11.4. The molecule has 0 N–H and O–H groups in total. The zero-order valence-electron chi connectivity index (χ0n) is 10.5. The summed E-state index contributed by atoms with van der Waals surface area (Å²) in [5.74, 6) is 0. The van der Waals surface area contributed by atoms with Crippen LogP contribution in [-0.4, -0.2) is 25.7 Å². The van der Waals surface area contributed by atoms with E-state index >= 15 is 0 Å². The van der Waals surface area contributed by atoms with E-state index in [9.17, 15) is 18.3 Å². The molecule has 0 aliphatic rings. The van der Waals surface area contributed by atoms with E-state index in [4.69, 9.17) is 0 Å². The Hall–Kier alpha value is 0.320. The normalized spacial score (nSPS) is 14.1. The van der Waals surface area contributed by atoms with Crippen LogP contribution in [-0.2, 0) is 26.9 Å². The third-order valence-corrected chi connectivity index (χ3v) is 6.50. The lowest BCUT2D eigenvalue weighted by Crippen LogP contribution is -1.85. The number of unbranched alkanes of at least 4 members (excludes halogenated alkanes) is 3. The van der Waals surface area contributed by atoms with Gasteiger partial charge in [-0.25, -0.2) is 0 Å². The topological polar surface area (TPSA) is 86.7 Å². The minimum absolute atomic E-state index is 0.397. The lowest BCUT2D eigenvalue weighted by Gasteiger charge is -1.90. The molecule has 10 heteroatoms. The van der Waals surface area contributed by atoms with Gasteiger partial charge in [0.25, 0.3) is 0 Å². The van der Waals surface area contributed by atoms with Gasteiger partial charge in [-0.05, 0) is 43.9 Å². The van der Waals surface area contributed by atoms with E-state index in [2.05, 4.69) is 8.62 Å². The second kappa shape index (κ2) is 11.2. The standard InChI is InChI=1S/C8H18O6P4/c1-15(9)13-17(11)7-5-3-4-6-8-18(12)14-16(2)10/h3-8H2,1-2H3/q+4. The summed E-state index contributed by atoms with van der Waals surface area (Å²) < 4.78 is 52.9. The molecular weight excluding hydrogens is 316 g/mol. The molecule has 0 fully saturated rings. The molecule has 0 bridgehead atoms. The first-order valence-electron chi connectivity index (χ1n) is 5.49. The first kappa shape index (κ1) is 18.3. The van der Waals surface area contributed by atoms with Gasteiger partial charge in [-0.3, -0.25) is 0 Å². The molecule has 0 aromatic rings. The Morgan fingerprint density at radius 1 is 0.667 bits per heavy atom. The largest absolute Gasteiger partial charge is 0.561 e. The highest BCUT2D eigenvalue weighted by atomic mass is 31.2. The minimum atomic E-state index is -1.82. The molecule has 6 nitrogen and oxygen atoms in total. The molecule has 0 heterocycles. The summed E-state index contributed by atoms with van der Waals surface area (Å²) in [5, 5.41) is 0. The Labute approximate surface area is 111 Å². The lowest BCUT2D eigenvalue weighted by atomic mass is 10.2. The summed E-state index contributed by atoms with van der Waals surface area (Å²) in [5.41, 5.74) is 0. The maximum Gasteiger partial charge on any atom is 0.561 e. The number of hydrogen-bond donors (Lipinski definition) is 0. The molecule has 4 atom stereocenters. The quantitative estimate of drug-likeness (QED) is 0.398. The SMILES string of the molecule is C[P+](=O)O[P+](=O)CCCCCC[P+](=O)O[P+](C)=O. The molecule has 102 valence electrons. The van der Waals surface area contributed by atoms with Crippen LogP contribution in [0.5, 0.6) is 0 Å². The molecule has 0 amide bonds. The van der Waals surface area contributed by atoms with Crippen LogP contribution in [0, 0.1) is 0 Å². The molecule has 0 saturated heterocycles. The fraction of sp³-hybridized carbons (Fsp3) is 1.00. The van der Waals surface area contributed by atoms with Crippen LogP contribution < -0.4 is 0 Å².